The van der Waals surface area contributed by atoms with Gasteiger partial charge in [-0.1, -0.05) is 36.4 Å². The number of likely N-dealkylation sites (tertiary alicyclic amines) is 1. The van der Waals surface area contributed by atoms with Gasteiger partial charge in [0.25, 0.3) is 0 Å². The molecule has 3 heterocycles. The summed E-state index contributed by atoms with van der Waals surface area (Å²) >= 11 is 0. The highest BCUT2D eigenvalue weighted by atomic mass is 16.2. The van der Waals surface area contributed by atoms with E-state index < -0.39 is 0 Å². The van der Waals surface area contributed by atoms with E-state index in [4.69, 9.17) is 0 Å². The van der Waals surface area contributed by atoms with Gasteiger partial charge >= 0.3 is 0 Å². The van der Waals surface area contributed by atoms with Crippen molar-refractivity contribution in [1.82, 2.24) is 20.1 Å². The molecule has 3 atom stereocenters. The molecular formula is C26H34N4O2. The van der Waals surface area contributed by atoms with Crippen LogP contribution in [0.3, 0.4) is 0 Å². The molecule has 0 saturated carbocycles. The summed E-state index contributed by atoms with van der Waals surface area (Å²) in [6.07, 6.45) is 7.99. The van der Waals surface area contributed by atoms with Gasteiger partial charge in [-0.05, 0) is 56.8 Å². The first-order valence-electron chi connectivity index (χ1n) is 11.7. The van der Waals surface area contributed by atoms with Gasteiger partial charge in [0, 0.05) is 44.4 Å². The highest BCUT2D eigenvalue weighted by Crippen LogP contribution is 2.39. The van der Waals surface area contributed by atoms with Crippen molar-refractivity contribution in [3.05, 3.63) is 66.0 Å². The van der Waals surface area contributed by atoms with E-state index in [1.807, 2.05) is 37.5 Å². The van der Waals surface area contributed by atoms with Crippen molar-refractivity contribution in [2.45, 2.75) is 69.6 Å². The molecule has 32 heavy (non-hydrogen) atoms. The third-order valence-electron chi connectivity index (χ3n) is 6.92. The van der Waals surface area contributed by atoms with Gasteiger partial charge in [-0.25, -0.2) is 0 Å². The third-order valence-corrected chi connectivity index (χ3v) is 6.92. The number of amides is 2. The van der Waals surface area contributed by atoms with E-state index in [0.717, 1.165) is 37.8 Å². The van der Waals surface area contributed by atoms with Crippen LogP contribution in [-0.4, -0.2) is 57.8 Å². The molecule has 2 aromatic rings. The number of nitrogens with one attached hydrogen (secondary N) is 1. The summed E-state index contributed by atoms with van der Waals surface area (Å²) in [7, 11) is 2.04. The normalized spacial score (nSPS) is 25.3. The number of benzene rings is 1. The van der Waals surface area contributed by atoms with Crippen LogP contribution in [0.5, 0.6) is 0 Å². The molecule has 0 unspecified atom stereocenters. The zero-order valence-electron chi connectivity index (χ0n) is 19.2. The maximum absolute atomic E-state index is 13.6. The van der Waals surface area contributed by atoms with Crippen LogP contribution in [0.1, 0.15) is 50.2 Å². The predicted molar refractivity (Wildman–Crippen MR) is 125 cm³/mol. The number of nitrogens with zero attached hydrogens (tertiary/aromatic N) is 3. The van der Waals surface area contributed by atoms with E-state index in [0.29, 0.717) is 19.4 Å². The van der Waals surface area contributed by atoms with Gasteiger partial charge in [0.2, 0.25) is 11.8 Å². The summed E-state index contributed by atoms with van der Waals surface area (Å²) in [6, 6.07) is 14.5. The molecule has 2 amide bonds. The van der Waals surface area contributed by atoms with E-state index in [1.165, 1.54) is 5.56 Å². The van der Waals surface area contributed by atoms with E-state index in [9.17, 15) is 9.59 Å². The molecule has 1 aromatic heterocycles. The number of aromatic nitrogens is 1. The maximum Gasteiger partial charge on any atom is 0.224 e. The van der Waals surface area contributed by atoms with Crippen molar-refractivity contribution in [3.8, 4) is 0 Å². The fourth-order valence-corrected chi connectivity index (χ4v) is 5.45. The van der Waals surface area contributed by atoms with Crippen molar-refractivity contribution in [3.63, 3.8) is 0 Å². The van der Waals surface area contributed by atoms with E-state index in [-0.39, 0.29) is 29.4 Å². The van der Waals surface area contributed by atoms with Crippen LogP contribution in [0, 0.1) is 0 Å². The average molecular weight is 435 g/mol. The van der Waals surface area contributed by atoms with Crippen LogP contribution < -0.4 is 5.32 Å². The second-order valence-electron chi connectivity index (χ2n) is 9.57. The molecule has 1 aromatic carbocycles. The Hall–Kier alpha value is -2.73. The van der Waals surface area contributed by atoms with Gasteiger partial charge < -0.3 is 15.1 Å². The maximum atomic E-state index is 13.6. The van der Waals surface area contributed by atoms with Gasteiger partial charge in [-0.3, -0.25) is 14.6 Å². The average Bonchev–Trinajstić information content (AvgIpc) is 2.94. The number of carbonyl (C=O) groups excluding carboxylic acids is 2. The molecule has 2 fully saturated rings. The molecule has 2 saturated heterocycles. The third kappa shape index (κ3) is 5.18. The van der Waals surface area contributed by atoms with Crippen molar-refractivity contribution in [2.75, 3.05) is 13.6 Å². The zero-order valence-corrected chi connectivity index (χ0v) is 19.2. The van der Waals surface area contributed by atoms with Gasteiger partial charge in [0.1, 0.15) is 0 Å². The summed E-state index contributed by atoms with van der Waals surface area (Å²) in [6.45, 7) is 3.59. The first-order chi connectivity index (χ1) is 15.4. The minimum Gasteiger partial charge on any atom is -0.349 e. The van der Waals surface area contributed by atoms with Crippen molar-refractivity contribution >= 4 is 11.8 Å². The minimum absolute atomic E-state index is 0.0544. The van der Waals surface area contributed by atoms with Crippen LogP contribution in [-0.2, 0) is 22.6 Å². The smallest absolute Gasteiger partial charge is 0.224 e. The van der Waals surface area contributed by atoms with Crippen LogP contribution in [0.2, 0.25) is 0 Å². The molecule has 2 aliphatic heterocycles. The van der Waals surface area contributed by atoms with Gasteiger partial charge in [-0.15, -0.1) is 0 Å². The molecular weight excluding hydrogens is 400 g/mol. The molecule has 6 nitrogen and oxygen atoms in total. The Labute approximate surface area is 191 Å². The second kappa shape index (κ2) is 9.82. The monoisotopic (exact) mass is 434 g/mol. The van der Waals surface area contributed by atoms with E-state index >= 15 is 0 Å². The zero-order chi connectivity index (χ0) is 22.6. The Bertz CT molecular complexity index is 920. The number of pyridine rings is 1. The van der Waals surface area contributed by atoms with E-state index in [2.05, 4.69) is 45.2 Å². The van der Waals surface area contributed by atoms with Crippen LogP contribution in [0.4, 0.5) is 0 Å². The van der Waals surface area contributed by atoms with Crippen molar-refractivity contribution < 1.29 is 9.59 Å². The lowest BCUT2D eigenvalue weighted by Crippen LogP contribution is -2.54. The largest absolute Gasteiger partial charge is 0.349 e. The molecule has 2 aliphatic rings. The van der Waals surface area contributed by atoms with E-state index in [1.54, 1.807) is 6.20 Å². The van der Waals surface area contributed by atoms with Gasteiger partial charge in [0.05, 0.1) is 11.6 Å². The molecule has 1 N–H and O–H groups in total. The number of rotatable bonds is 7. The molecule has 4 rings (SSSR count). The van der Waals surface area contributed by atoms with Crippen LogP contribution >= 0.6 is 0 Å². The topological polar surface area (TPSA) is 65.5 Å². The lowest BCUT2D eigenvalue weighted by Gasteiger charge is -2.35. The Morgan fingerprint density at radius 2 is 2.00 bits per heavy atom. The van der Waals surface area contributed by atoms with Gasteiger partial charge in [0.15, 0.2) is 0 Å². The summed E-state index contributed by atoms with van der Waals surface area (Å²) in [5.74, 6) is 0.299. The Morgan fingerprint density at radius 3 is 2.75 bits per heavy atom. The fraction of sp³-hybridized carbons (Fsp3) is 0.500. The molecule has 0 radical (unpaired) electrons. The molecule has 0 aliphatic carbocycles. The van der Waals surface area contributed by atoms with Crippen LogP contribution in [0.25, 0.3) is 0 Å². The number of fused-ring (bicyclic) bond motifs is 1. The molecule has 0 bridgehead atoms. The Kier molecular flexibility index (Phi) is 6.89. The molecule has 6 heteroatoms. The summed E-state index contributed by atoms with van der Waals surface area (Å²) in [5, 5.41) is 3.27. The number of hydrogen-bond donors (Lipinski definition) is 1. The van der Waals surface area contributed by atoms with Crippen molar-refractivity contribution in [2.24, 2.45) is 0 Å². The van der Waals surface area contributed by atoms with Crippen molar-refractivity contribution in [1.29, 1.82) is 0 Å². The lowest BCUT2D eigenvalue weighted by molar-refractivity contribution is -0.135. The fourth-order valence-electron chi connectivity index (χ4n) is 5.45. The molecule has 0 spiro atoms. The first-order valence-corrected chi connectivity index (χ1v) is 11.7. The van der Waals surface area contributed by atoms with Gasteiger partial charge in [-0.2, -0.15) is 0 Å². The van der Waals surface area contributed by atoms with Crippen LogP contribution in [0.15, 0.2) is 54.9 Å². The summed E-state index contributed by atoms with van der Waals surface area (Å²) < 4.78 is 0. The second-order valence-corrected chi connectivity index (χ2v) is 9.57. The Morgan fingerprint density at radius 1 is 1.22 bits per heavy atom. The highest BCUT2D eigenvalue weighted by Gasteiger charge is 2.52. The highest BCUT2D eigenvalue weighted by molar-refractivity contribution is 5.80. The number of carbonyl (C=O) groups is 2. The summed E-state index contributed by atoms with van der Waals surface area (Å²) in [4.78, 5) is 34.4. The molecule has 170 valence electrons. The predicted octanol–water partition coefficient (Wildman–Crippen LogP) is 3.17. The lowest BCUT2D eigenvalue weighted by atomic mass is 9.88. The standard InChI is InChI=1S/C26H34N4O2/c1-26-17-22(16-20-8-4-3-5-9-20)30(23(26)11-6-12-24(31)28-26)25(32)13-15-29(2)19-21-10-7-14-27-18-21/h3-5,7-10,14,18,22-23H,6,11-13,15-17,19H2,1-2H3,(H,28,31)/t22-,23+,26+/m1/s1. The first kappa shape index (κ1) is 22.5. The SMILES string of the molecule is CN(CCC(=O)N1[C@H](Cc2ccccc2)C[C@]2(C)NC(=O)CCC[C@H]12)Cc1cccnc1. The quantitative estimate of drug-likeness (QED) is 0.727. The minimum atomic E-state index is -0.357. The summed E-state index contributed by atoms with van der Waals surface area (Å²) in [5.41, 5.74) is 2.02. The Balaban J connectivity index is 1.47. The number of hydrogen-bond acceptors (Lipinski definition) is 4.